The molecule has 0 unspecified atom stereocenters. The fourth-order valence-corrected chi connectivity index (χ4v) is 4.44. The Bertz CT molecular complexity index is 1340. The lowest BCUT2D eigenvalue weighted by Crippen LogP contribution is -2.21. The number of rotatable bonds is 4. The maximum absolute atomic E-state index is 13.7. The zero-order chi connectivity index (χ0) is 22.6. The van der Waals surface area contributed by atoms with Crippen LogP contribution in [0.1, 0.15) is 31.8 Å². The molecule has 32 heavy (non-hydrogen) atoms. The smallest absolute Gasteiger partial charge is 0.195 e. The third-order valence-corrected chi connectivity index (χ3v) is 5.99. The van der Waals surface area contributed by atoms with E-state index < -0.39 is 0 Å². The topological polar surface area (TPSA) is 71.1 Å². The highest BCUT2D eigenvalue weighted by Gasteiger charge is 2.33. The molecule has 4 aromatic carbocycles. The van der Waals surface area contributed by atoms with Crippen LogP contribution in [0.25, 0.3) is 21.5 Å². The van der Waals surface area contributed by atoms with Gasteiger partial charge >= 0.3 is 0 Å². The van der Waals surface area contributed by atoms with Crippen LogP contribution in [0.2, 0.25) is 0 Å². The van der Waals surface area contributed by atoms with E-state index in [0.717, 1.165) is 10.8 Å². The normalized spacial score (nSPS) is 12.5. The molecule has 0 saturated heterocycles. The molecule has 1 aliphatic carbocycles. The number of hydrogen-bond acceptors (Lipinski definition) is 6. The molecule has 0 radical (unpaired) electrons. The number of ketones is 2. The SMILES string of the molecule is COc1cc2ccc3c(c2cc1OC)C(=O)c1ccc2cc(OC)c(OC)cc2c1C3=O. The van der Waals surface area contributed by atoms with Crippen molar-refractivity contribution in [3.63, 3.8) is 0 Å². The zero-order valence-corrected chi connectivity index (χ0v) is 18.1. The van der Waals surface area contributed by atoms with Crippen molar-refractivity contribution in [2.75, 3.05) is 28.4 Å². The molecule has 0 aromatic heterocycles. The highest BCUT2D eigenvalue weighted by atomic mass is 16.5. The van der Waals surface area contributed by atoms with Crippen molar-refractivity contribution in [3.8, 4) is 23.0 Å². The van der Waals surface area contributed by atoms with Crippen LogP contribution in [0.15, 0.2) is 48.5 Å². The van der Waals surface area contributed by atoms with E-state index in [1.165, 1.54) is 14.2 Å². The van der Waals surface area contributed by atoms with Gasteiger partial charge < -0.3 is 18.9 Å². The van der Waals surface area contributed by atoms with Gasteiger partial charge in [0.1, 0.15) is 0 Å². The number of ether oxygens (including phenoxy) is 4. The minimum Gasteiger partial charge on any atom is -0.493 e. The summed E-state index contributed by atoms with van der Waals surface area (Å²) in [6.45, 7) is 0. The first-order valence-corrected chi connectivity index (χ1v) is 9.99. The van der Waals surface area contributed by atoms with Crippen LogP contribution in [-0.4, -0.2) is 40.0 Å². The molecular weight excluding hydrogens is 408 g/mol. The second kappa shape index (κ2) is 7.27. The summed E-state index contributed by atoms with van der Waals surface area (Å²) in [4.78, 5) is 27.3. The van der Waals surface area contributed by atoms with Crippen molar-refractivity contribution in [2.24, 2.45) is 0 Å². The molecule has 5 rings (SSSR count). The summed E-state index contributed by atoms with van der Waals surface area (Å²) in [6.07, 6.45) is 0. The molecule has 1 aliphatic rings. The van der Waals surface area contributed by atoms with Crippen molar-refractivity contribution in [1.82, 2.24) is 0 Å². The Morgan fingerprint density at radius 1 is 0.500 bits per heavy atom. The molecule has 0 spiro atoms. The van der Waals surface area contributed by atoms with E-state index in [1.807, 2.05) is 12.1 Å². The molecule has 0 atom stereocenters. The Kier molecular flexibility index (Phi) is 4.51. The van der Waals surface area contributed by atoms with Crippen LogP contribution in [0.4, 0.5) is 0 Å². The zero-order valence-electron chi connectivity index (χ0n) is 18.1. The molecule has 6 heteroatoms. The van der Waals surface area contributed by atoms with Crippen molar-refractivity contribution >= 4 is 33.1 Å². The molecule has 4 aromatic rings. The summed E-state index contributed by atoms with van der Waals surface area (Å²) in [6, 6.07) is 14.1. The maximum atomic E-state index is 13.7. The molecule has 0 aliphatic heterocycles. The number of fused-ring (bicyclic) bond motifs is 6. The van der Waals surface area contributed by atoms with E-state index in [1.54, 1.807) is 50.6 Å². The van der Waals surface area contributed by atoms with Gasteiger partial charge in [-0.05, 0) is 57.9 Å². The molecule has 0 heterocycles. The third-order valence-electron chi connectivity index (χ3n) is 5.99. The molecule has 0 amide bonds. The predicted molar refractivity (Wildman–Crippen MR) is 121 cm³/mol. The lowest BCUT2D eigenvalue weighted by Gasteiger charge is -2.22. The average molecular weight is 428 g/mol. The Hall–Kier alpha value is -4.06. The number of carbonyl (C=O) groups excluding carboxylic acids is 2. The Morgan fingerprint density at radius 2 is 0.844 bits per heavy atom. The minimum absolute atomic E-state index is 0.205. The molecule has 0 bridgehead atoms. The van der Waals surface area contributed by atoms with Crippen LogP contribution in [0.5, 0.6) is 23.0 Å². The van der Waals surface area contributed by atoms with Crippen molar-refractivity contribution in [2.45, 2.75) is 0 Å². The first-order valence-electron chi connectivity index (χ1n) is 9.99. The lowest BCUT2D eigenvalue weighted by atomic mass is 9.79. The number of carbonyl (C=O) groups is 2. The minimum atomic E-state index is -0.205. The quantitative estimate of drug-likeness (QED) is 0.409. The van der Waals surface area contributed by atoms with E-state index in [4.69, 9.17) is 18.9 Å². The molecule has 6 nitrogen and oxygen atoms in total. The largest absolute Gasteiger partial charge is 0.493 e. The molecule has 0 N–H and O–H groups in total. The van der Waals surface area contributed by atoms with E-state index in [9.17, 15) is 9.59 Å². The summed E-state index contributed by atoms with van der Waals surface area (Å²) < 4.78 is 21.6. The van der Waals surface area contributed by atoms with E-state index in [0.29, 0.717) is 56.0 Å². The Balaban J connectivity index is 1.81. The van der Waals surface area contributed by atoms with Crippen molar-refractivity contribution < 1.29 is 28.5 Å². The van der Waals surface area contributed by atoms with E-state index >= 15 is 0 Å². The predicted octanol–water partition coefficient (Wildman–Crippen LogP) is 4.80. The van der Waals surface area contributed by atoms with Gasteiger partial charge in [-0.2, -0.15) is 0 Å². The standard InChI is InChI=1S/C26H20O6/c1-29-19-9-13-5-7-15-23(17(13)11-21(19)31-3)25(27)16-8-6-14-10-20(30-2)22(32-4)12-18(14)24(16)26(15)28/h5-12H,1-4H3. The van der Waals surface area contributed by atoms with Gasteiger partial charge in [-0.1, -0.05) is 12.1 Å². The van der Waals surface area contributed by atoms with Crippen LogP contribution in [0.3, 0.4) is 0 Å². The van der Waals surface area contributed by atoms with Gasteiger partial charge in [-0.25, -0.2) is 0 Å². The molecule has 0 saturated carbocycles. The number of benzene rings is 4. The van der Waals surface area contributed by atoms with Gasteiger partial charge in [0.05, 0.1) is 28.4 Å². The van der Waals surface area contributed by atoms with Gasteiger partial charge in [0.2, 0.25) is 0 Å². The Labute approximate surface area is 184 Å². The molecule has 0 fully saturated rings. The maximum Gasteiger partial charge on any atom is 0.195 e. The van der Waals surface area contributed by atoms with Crippen molar-refractivity contribution in [3.05, 3.63) is 70.8 Å². The van der Waals surface area contributed by atoms with Crippen LogP contribution >= 0.6 is 0 Å². The van der Waals surface area contributed by atoms with Gasteiger partial charge in [-0.3, -0.25) is 9.59 Å². The lowest BCUT2D eigenvalue weighted by molar-refractivity contribution is 0.0981. The van der Waals surface area contributed by atoms with E-state index in [2.05, 4.69) is 0 Å². The van der Waals surface area contributed by atoms with Gasteiger partial charge in [0.15, 0.2) is 34.6 Å². The van der Waals surface area contributed by atoms with Gasteiger partial charge in [-0.15, -0.1) is 0 Å². The summed E-state index contributed by atoms with van der Waals surface area (Å²) >= 11 is 0. The van der Waals surface area contributed by atoms with Gasteiger partial charge in [0.25, 0.3) is 0 Å². The summed E-state index contributed by atoms with van der Waals surface area (Å²) in [5.41, 5.74) is 1.48. The average Bonchev–Trinajstić information content (AvgIpc) is 2.83. The van der Waals surface area contributed by atoms with Crippen molar-refractivity contribution in [1.29, 1.82) is 0 Å². The molecule has 160 valence electrons. The second-order valence-electron chi connectivity index (χ2n) is 7.49. The third kappa shape index (κ3) is 2.66. The summed E-state index contributed by atoms with van der Waals surface area (Å²) in [5.74, 6) is 1.70. The van der Waals surface area contributed by atoms with Crippen LogP contribution < -0.4 is 18.9 Å². The van der Waals surface area contributed by atoms with E-state index in [-0.39, 0.29) is 11.6 Å². The first-order chi connectivity index (χ1) is 15.5. The fraction of sp³-hybridized carbons (Fsp3) is 0.154. The number of methoxy groups -OCH3 is 4. The summed E-state index contributed by atoms with van der Waals surface area (Å²) in [7, 11) is 6.19. The molecular formula is C26H20O6. The van der Waals surface area contributed by atoms with Gasteiger partial charge in [0, 0.05) is 22.3 Å². The second-order valence-corrected chi connectivity index (χ2v) is 7.49. The highest BCUT2D eigenvalue weighted by molar-refractivity contribution is 6.35. The monoisotopic (exact) mass is 428 g/mol. The van der Waals surface area contributed by atoms with Crippen LogP contribution in [-0.2, 0) is 0 Å². The highest BCUT2D eigenvalue weighted by Crippen LogP contribution is 2.41. The summed E-state index contributed by atoms with van der Waals surface area (Å²) in [5, 5.41) is 2.88. The fourth-order valence-electron chi connectivity index (χ4n) is 4.44. The van der Waals surface area contributed by atoms with Crippen LogP contribution in [0, 0.1) is 0 Å². The number of hydrogen-bond donors (Lipinski definition) is 0. The Morgan fingerprint density at radius 3 is 1.19 bits per heavy atom. The first kappa shape index (κ1) is 19.9.